The lowest BCUT2D eigenvalue weighted by Crippen LogP contribution is -2.45. The fourth-order valence-corrected chi connectivity index (χ4v) is 5.28. The van der Waals surface area contributed by atoms with Gasteiger partial charge < -0.3 is 4.74 Å². The van der Waals surface area contributed by atoms with Crippen LogP contribution in [0.5, 0.6) is 0 Å². The van der Waals surface area contributed by atoms with Crippen LogP contribution >= 0.6 is 0 Å². The van der Waals surface area contributed by atoms with Crippen LogP contribution in [0, 0.1) is 23.2 Å². The number of ether oxygens (including phenoxy) is 1. The second-order valence-corrected chi connectivity index (χ2v) is 6.73. The van der Waals surface area contributed by atoms with Gasteiger partial charge in [-0.3, -0.25) is 0 Å². The molecule has 0 bridgehead atoms. The van der Waals surface area contributed by atoms with Crippen LogP contribution < -0.4 is 0 Å². The van der Waals surface area contributed by atoms with Crippen molar-refractivity contribution in [1.29, 1.82) is 0 Å². The third kappa shape index (κ3) is 1.13. The molecule has 1 aliphatic heterocycles. The molecule has 0 radical (unpaired) electrons. The van der Waals surface area contributed by atoms with Gasteiger partial charge >= 0.3 is 0 Å². The van der Waals surface area contributed by atoms with E-state index < -0.39 is 0 Å². The van der Waals surface area contributed by atoms with Crippen molar-refractivity contribution in [2.75, 3.05) is 0 Å². The molecule has 0 spiro atoms. The van der Waals surface area contributed by atoms with Gasteiger partial charge in [-0.25, -0.2) is 0 Å². The molecular weight excluding hydrogens is 184 g/mol. The van der Waals surface area contributed by atoms with Gasteiger partial charge in [0.2, 0.25) is 0 Å². The number of hydrogen-bond donors (Lipinski definition) is 0. The van der Waals surface area contributed by atoms with E-state index in [2.05, 4.69) is 6.92 Å². The van der Waals surface area contributed by atoms with Crippen LogP contribution in [0.2, 0.25) is 0 Å². The van der Waals surface area contributed by atoms with E-state index in [9.17, 15) is 0 Å². The van der Waals surface area contributed by atoms with Crippen LogP contribution in [0.4, 0.5) is 0 Å². The maximum atomic E-state index is 5.78. The highest BCUT2D eigenvalue weighted by atomic mass is 16.6. The molecule has 0 aromatic rings. The highest BCUT2D eigenvalue weighted by Crippen LogP contribution is 2.62. The first-order chi connectivity index (χ1) is 7.27. The molecule has 3 aliphatic carbocycles. The minimum atomic E-state index is 0.664. The number of fused-ring (bicyclic) bond motifs is 4. The minimum Gasteiger partial charge on any atom is -0.370 e. The molecule has 1 saturated heterocycles. The third-order valence-electron chi connectivity index (χ3n) is 6.17. The van der Waals surface area contributed by atoms with Gasteiger partial charge in [0.15, 0.2) is 0 Å². The molecule has 1 heteroatoms. The van der Waals surface area contributed by atoms with E-state index in [4.69, 9.17) is 4.74 Å². The summed E-state index contributed by atoms with van der Waals surface area (Å²) in [6.45, 7) is 2.59. The van der Waals surface area contributed by atoms with Crippen molar-refractivity contribution in [2.45, 2.75) is 64.1 Å². The molecule has 4 fully saturated rings. The number of rotatable bonds is 0. The Bertz CT molecular complexity index is 287. The van der Waals surface area contributed by atoms with Gasteiger partial charge in [0.1, 0.15) is 0 Å². The molecule has 4 aliphatic rings. The summed E-state index contributed by atoms with van der Waals surface area (Å²) in [4.78, 5) is 0. The van der Waals surface area contributed by atoms with Crippen molar-refractivity contribution in [1.82, 2.24) is 0 Å². The monoisotopic (exact) mass is 206 g/mol. The van der Waals surface area contributed by atoms with Gasteiger partial charge in [-0.1, -0.05) is 19.8 Å². The van der Waals surface area contributed by atoms with Crippen molar-refractivity contribution in [3.63, 3.8) is 0 Å². The Balaban J connectivity index is 1.67. The predicted octanol–water partition coefficient (Wildman–Crippen LogP) is 3.38. The molecule has 1 heterocycles. The predicted molar refractivity (Wildman–Crippen MR) is 59.6 cm³/mol. The van der Waals surface area contributed by atoms with Crippen molar-refractivity contribution < 1.29 is 4.74 Å². The van der Waals surface area contributed by atoms with Gasteiger partial charge in [0.05, 0.1) is 12.2 Å². The van der Waals surface area contributed by atoms with Crippen LogP contribution in [-0.4, -0.2) is 12.2 Å². The van der Waals surface area contributed by atoms with E-state index in [-0.39, 0.29) is 0 Å². The molecule has 84 valence electrons. The molecule has 4 rings (SSSR count). The SMILES string of the molecule is C[C@]12C[C@H]3O[C@H]3C[C@@H]1CC[C@H]1CCC[C@@H]12. The molecule has 0 amide bonds. The molecule has 6 atom stereocenters. The van der Waals surface area contributed by atoms with Gasteiger partial charge in [0.25, 0.3) is 0 Å². The first-order valence-electron chi connectivity index (χ1n) is 6.93. The Labute approximate surface area is 92.6 Å². The summed E-state index contributed by atoms with van der Waals surface area (Å²) < 4.78 is 5.78. The molecular formula is C14H22O. The lowest BCUT2D eigenvalue weighted by Gasteiger charge is -2.51. The summed E-state index contributed by atoms with van der Waals surface area (Å²) in [7, 11) is 0. The average Bonchev–Trinajstić information content (AvgIpc) is 2.77. The van der Waals surface area contributed by atoms with E-state index >= 15 is 0 Å². The van der Waals surface area contributed by atoms with Gasteiger partial charge in [-0.2, -0.15) is 0 Å². The quantitative estimate of drug-likeness (QED) is 0.553. The van der Waals surface area contributed by atoms with E-state index in [0.717, 1.165) is 17.8 Å². The second kappa shape index (κ2) is 2.80. The van der Waals surface area contributed by atoms with Crippen LogP contribution in [0.15, 0.2) is 0 Å². The molecule has 0 aromatic heterocycles. The fourth-order valence-electron chi connectivity index (χ4n) is 5.28. The van der Waals surface area contributed by atoms with Crippen LogP contribution in [0.3, 0.4) is 0 Å². The van der Waals surface area contributed by atoms with E-state index in [1.165, 1.54) is 44.9 Å². The van der Waals surface area contributed by atoms with Crippen molar-refractivity contribution in [3.8, 4) is 0 Å². The first kappa shape index (κ1) is 9.04. The van der Waals surface area contributed by atoms with Gasteiger partial charge in [-0.05, 0) is 55.3 Å². The molecule has 1 nitrogen and oxygen atoms in total. The number of epoxide rings is 1. The Morgan fingerprint density at radius 2 is 2.00 bits per heavy atom. The zero-order chi connectivity index (χ0) is 10.0. The van der Waals surface area contributed by atoms with Gasteiger partial charge in [0, 0.05) is 0 Å². The average molecular weight is 206 g/mol. The zero-order valence-electron chi connectivity index (χ0n) is 9.74. The molecule has 3 saturated carbocycles. The Kier molecular flexibility index (Phi) is 1.68. The maximum Gasteiger partial charge on any atom is 0.0847 e. The molecule has 0 aromatic carbocycles. The summed E-state index contributed by atoms with van der Waals surface area (Å²) in [5, 5.41) is 0. The largest absolute Gasteiger partial charge is 0.370 e. The lowest BCUT2D eigenvalue weighted by molar-refractivity contribution is -0.0116. The van der Waals surface area contributed by atoms with Crippen molar-refractivity contribution in [3.05, 3.63) is 0 Å². The second-order valence-electron chi connectivity index (χ2n) is 6.73. The summed E-state index contributed by atoms with van der Waals surface area (Å²) in [6, 6.07) is 0. The van der Waals surface area contributed by atoms with Crippen LogP contribution in [0.1, 0.15) is 51.9 Å². The molecule has 0 unspecified atom stereocenters. The summed E-state index contributed by atoms with van der Waals surface area (Å²) in [5.41, 5.74) is 0.664. The summed E-state index contributed by atoms with van der Waals surface area (Å²) in [5.74, 6) is 3.14. The van der Waals surface area contributed by atoms with E-state index in [0.29, 0.717) is 17.6 Å². The fraction of sp³-hybridized carbons (Fsp3) is 1.00. The standard InChI is InChI=1S/C14H22O/c1-14-8-13-12(15-13)7-10(14)6-5-9-3-2-4-11(9)14/h9-13H,2-8H2,1H3/t9-,10+,11+,12+,13-,14+/m1/s1. The third-order valence-corrected chi connectivity index (χ3v) is 6.17. The minimum absolute atomic E-state index is 0.664. The smallest absolute Gasteiger partial charge is 0.0847 e. The van der Waals surface area contributed by atoms with E-state index in [1.807, 2.05) is 0 Å². The van der Waals surface area contributed by atoms with Crippen molar-refractivity contribution in [2.24, 2.45) is 23.2 Å². The molecule has 0 N–H and O–H groups in total. The summed E-state index contributed by atoms with van der Waals surface area (Å²) >= 11 is 0. The Morgan fingerprint density at radius 3 is 2.93 bits per heavy atom. The Hall–Kier alpha value is -0.0400. The highest BCUT2D eigenvalue weighted by molar-refractivity contribution is 5.07. The van der Waals surface area contributed by atoms with Crippen LogP contribution in [-0.2, 0) is 4.74 Å². The highest BCUT2D eigenvalue weighted by Gasteiger charge is 2.59. The van der Waals surface area contributed by atoms with Crippen molar-refractivity contribution >= 4 is 0 Å². The lowest BCUT2D eigenvalue weighted by atomic mass is 9.53. The zero-order valence-corrected chi connectivity index (χ0v) is 9.74. The first-order valence-corrected chi connectivity index (χ1v) is 6.93. The summed E-state index contributed by atoms with van der Waals surface area (Å²) in [6.07, 6.45) is 11.7. The van der Waals surface area contributed by atoms with E-state index in [1.54, 1.807) is 0 Å². The topological polar surface area (TPSA) is 12.5 Å². The maximum absolute atomic E-state index is 5.78. The van der Waals surface area contributed by atoms with Gasteiger partial charge in [-0.15, -0.1) is 0 Å². The number of hydrogen-bond acceptors (Lipinski definition) is 1. The molecule has 15 heavy (non-hydrogen) atoms. The normalized spacial score (nSPS) is 61.8. The Morgan fingerprint density at radius 1 is 1.07 bits per heavy atom. The van der Waals surface area contributed by atoms with Crippen LogP contribution in [0.25, 0.3) is 0 Å².